The van der Waals surface area contributed by atoms with Gasteiger partial charge < -0.3 is 19.9 Å². The Morgan fingerprint density at radius 2 is 1.24 bits per heavy atom. The van der Waals surface area contributed by atoms with Crippen LogP contribution in [-0.4, -0.2) is 40.7 Å². The molecule has 50 heavy (non-hydrogen) atoms. The Kier molecular flexibility index (Phi) is 9.56. The molecule has 0 spiro atoms. The number of amides is 2. The molecule has 6 aromatic rings. The maximum Gasteiger partial charge on any atom is 0.407 e. The van der Waals surface area contributed by atoms with Crippen LogP contribution in [0.3, 0.4) is 0 Å². The summed E-state index contributed by atoms with van der Waals surface area (Å²) in [6.45, 7) is 2.65. The molecule has 7 heteroatoms. The van der Waals surface area contributed by atoms with E-state index in [-0.39, 0.29) is 24.9 Å². The largest absolute Gasteiger partial charge is 0.449 e. The normalized spacial score (nSPS) is 12.8. The molecule has 1 aliphatic carbocycles. The van der Waals surface area contributed by atoms with Crippen LogP contribution in [-0.2, 0) is 21.5 Å². The highest BCUT2D eigenvalue weighted by molar-refractivity contribution is 5.86. The topological polar surface area (TPSA) is 85.3 Å². The number of ether oxygens (including phenoxy) is 1. The number of aromatic nitrogens is 2. The van der Waals surface area contributed by atoms with E-state index >= 15 is 0 Å². The van der Waals surface area contributed by atoms with Crippen molar-refractivity contribution in [3.63, 3.8) is 0 Å². The number of imidazole rings is 1. The third kappa shape index (κ3) is 6.30. The average molecular weight is 661 g/mol. The summed E-state index contributed by atoms with van der Waals surface area (Å²) in [5, 5.41) is 5.82. The lowest BCUT2D eigenvalue weighted by atomic mass is 9.77. The second kappa shape index (κ2) is 14.7. The minimum absolute atomic E-state index is 0.0849. The first-order valence-corrected chi connectivity index (χ1v) is 17.2. The molecule has 7 nitrogen and oxygen atoms in total. The van der Waals surface area contributed by atoms with Gasteiger partial charge in [0.05, 0.1) is 12.0 Å². The molecule has 1 atom stereocenters. The minimum atomic E-state index is -0.889. The van der Waals surface area contributed by atoms with E-state index in [0.717, 1.165) is 45.4 Å². The molecule has 0 fully saturated rings. The van der Waals surface area contributed by atoms with Crippen LogP contribution in [0.25, 0.3) is 11.1 Å². The van der Waals surface area contributed by atoms with Crippen LogP contribution in [0.5, 0.6) is 0 Å². The van der Waals surface area contributed by atoms with Crippen LogP contribution in [0.2, 0.25) is 0 Å². The summed E-state index contributed by atoms with van der Waals surface area (Å²) in [7, 11) is 0. The Morgan fingerprint density at radius 3 is 1.76 bits per heavy atom. The zero-order chi connectivity index (χ0) is 34.3. The molecular weight excluding hydrogens is 620 g/mol. The molecule has 1 heterocycles. The number of alkyl carbamates (subject to hydrolysis) is 1. The summed E-state index contributed by atoms with van der Waals surface area (Å²) in [4.78, 5) is 31.7. The molecule has 2 N–H and O–H groups in total. The number of fused-ring (bicyclic) bond motifs is 3. The monoisotopic (exact) mass is 660 g/mol. The first kappa shape index (κ1) is 32.6. The lowest BCUT2D eigenvalue weighted by Gasteiger charge is -2.37. The van der Waals surface area contributed by atoms with Crippen LogP contribution < -0.4 is 10.6 Å². The molecule has 5 aromatic carbocycles. The van der Waals surface area contributed by atoms with E-state index in [0.29, 0.717) is 12.2 Å². The van der Waals surface area contributed by atoms with Gasteiger partial charge in [-0.05, 0) is 45.4 Å². The summed E-state index contributed by atoms with van der Waals surface area (Å²) in [5.74, 6) is -0.367. The van der Waals surface area contributed by atoms with Gasteiger partial charge in [-0.3, -0.25) is 4.79 Å². The van der Waals surface area contributed by atoms with Crippen molar-refractivity contribution in [3.05, 3.63) is 186 Å². The Balaban J connectivity index is 1.17. The number of nitrogens with one attached hydrogen (secondary N) is 2. The molecule has 0 radical (unpaired) electrons. The highest BCUT2D eigenvalue weighted by atomic mass is 16.5. The predicted molar refractivity (Wildman–Crippen MR) is 196 cm³/mol. The standard InChI is InChI=1S/C43H40N4O3/c1-2-26-44-41(48)40(46-42(49)50-29-39-37-24-14-12-22-35(37)36-23-13-15-25-38(36)39)27-34-28-47(30-45-34)43(31-16-6-3-7-17-31,32-18-8-4-9-19-32)33-20-10-5-11-21-33/h3-25,28,30,39-40H,2,26-27,29H2,1H3,(H,44,48)(H,46,49)/t40-/m0/s1. The van der Waals surface area contributed by atoms with Crippen molar-refractivity contribution in [1.29, 1.82) is 0 Å². The van der Waals surface area contributed by atoms with Crippen LogP contribution in [0, 0.1) is 0 Å². The van der Waals surface area contributed by atoms with E-state index < -0.39 is 17.7 Å². The van der Waals surface area contributed by atoms with Crippen LogP contribution in [0.4, 0.5) is 4.79 Å². The second-order valence-electron chi connectivity index (χ2n) is 12.6. The molecule has 0 unspecified atom stereocenters. The summed E-state index contributed by atoms with van der Waals surface area (Å²) >= 11 is 0. The van der Waals surface area contributed by atoms with Crippen molar-refractivity contribution in [2.45, 2.75) is 37.3 Å². The summed E-state index contributed by atoms with van der Waals surface area (Å²) in [6, 6.07) is 46.6. The Labute approximate surface area is 293 Å². The number of hydrogen-bond donors (Lipinski definition) is 2. The van der Waals surface area contributed by atoms with Crippen molar-refractivity contribution < 1.29 is 14.3 Å². The van der Waals surface area contributed by atoms with Gasteiger partial charge in [-0.25, -0.2) is 9.78 Å². The van der Waals surface area contributed by atoms with E-state index in [2.05, 4.69) is 75.9 Å². The average Bonchev–Trinajstić information content (AvgIpc) is 3.77. The maximum absolute atomic E-state index is 13.5. The third-order valence-electron chi connectivity index (χ3n) is 9.51. The Hall–Kier alpha value is -5.95. The smallest absolute Gasteiger partial charge is 0.407 e. The van der Waals surface area contributed by atoms with E-state index in [1.807, 2.05) is 98.3 Å². The van der Waals surface area contributed by atoms with E-state index in [1.54, 1.807) is 0 Å². The highest BCUT2D eigenvalue weighted by Crippen LogP contribution is 2.44. The number of carbonyl (C=O) groups excluding carboxylic acids is 2. The summed E-state index contributed by atoms with van der Waals surface area (Å²) in [5.41, 5.74) is 7.68. The van der Waals surface area contributed by atoms with Gasteiger partial charge >= 0.3 is 6.09 Å². The van der Waals surface area contributed by atoms with Crippen molar-refractivity contribution in [3.8, 4) is 11.1 Å². The van der Waals surface area contributed by atoms with Gasteiger partial charge in [-0.1, -0.05) is 146 Å². The molecule has 1 aromatic heterocycles. The van der Waals surface area contributed by atoms with Gasteiger partial charge in [-0.15, -0.1) is 0 Å². The summed E-state index contributed by atoms with van der Waals surface area (Å²) in [6.07, 6.45) is 4.10. The van der Waals surface area contributed by atoms with Crippen molar-refractivity contribution >= 4 is 12.0 Å². The van der Waals surface area contributed by atoms with Crippen molar-refractivity contribution in [2.24, 2.45) is 0 Å². The Bertz CT molecular complexity index is 1920. The van der Waals surface area contributed by atoms with Gasteiger partial charge in [0.15, 0.2) is 0 Å². The van der Waals surface area contributed by atoms with Crippen molar-refractivity contribution in [1.82, 2.24) is 20.2 Å². The van der Waals surface area contributed by atoms with Gasteiger partial charge in [-0.2, -0.15) is 0 Å². The number of nitrogens with zero attached hydrogens (tertiary/aromatic N) is 2. The zero-order valence-corrected chi connectivity index (χ0v) is 28.0. The molecule has 0 bridgehead atoms. The third-order valence-corrected chi connectivity index (χ3v) is 9.51. The van der Waals surface area contributed by atoms with E-state index in [1.165, 1.54) is 0 Å². The first-order chi connectivity index (χ1) is 24.6. The molecule has 2 amide bonds. The van der Waals surface area contributed by atoms with Crippen molar-refractivity contribution in [2.75, 3.05) is 13.2 Å². The first-order valence-electron chi connectivity index (χ1n) is 17.2. The van der Waals surface area contributed by atoms with Gasteiger partial charge in [0, 0.05) is 25.1 Å². The predicted octanol–water partition coefficient (Wildman–Crippen LogP) is 7.70. The fraction of sp³-hybridized carbons (Fsp3) is 0.186. The lowest BCUT2D eigenvalue weighted by Crippen LogP contribution is -2.48. The van der Waals surface area contributed by atoms with E-state index in [4.69, 9.17) is 9.72 Å². The number of benzene rings is 5. The molecule has 0 saturated carbocycles. The SMILES string of the molecule is CCCNC(=O)[C@H](Cc1cn(C(c2ccccc2)(c2ccccc2)c2ccccc2)cn1)NC(=O)OCC1c2ccccc2-c2ccccc21. The number of carbonyl (C=O) groups is 2. The molecule has 7 rings (SSSR count). The number of rotatable bonds is 12. The minimum Gasteiger partial charge on any atom is -0.449 e. The van der Waals surface area contributed by atoms with Gasteiger partial charge in [0.1, 0.15) is 18.2 Å². The van der Waals surface area contributed by atoms with Crippen LogP contribution in [0.1, 0.15) is 52.8 Å². The highest BCUT2D eigenvalue weighted by Gasteiger charge is 2.38. The quantitative estimate of drug-likeness (QED) is 0.132. The molecule has 1 aliphatic rings. The van der Waals surface area contributed by atoms with Crippen LogP contribution in [0.15, 0.2) is 152 Å². The molecular formula is C43H40N4O3. The van der Waals surface area contributed by atoms with Gasteiger partial charge in [0.2, 0.25) is 5.91 Å². The van der Waals surface area contributed by atoms with Gasteiger partial charge in [0.25, 0.3) is 0 Å². The molecule has 0 saturated heterocycles. The summed E-state index contributed by atoms with van der Waals surface area (Å²) < 4.78 is 7.95. The zero-order valence-electron chi connectivity index (χ0n) is 28.0. The second-order valence-corrected chi connectivity index (χ2v) is 12.6. The fourth-order valence-electron chi connectivity index (χ4n) is 7.21. The number of hydrogen-bond acceptors (Lipinski definition) is 4. The van der Waals surface area contributed by atoms with Crippen LogP contribution >= 0.6 is 0 Å². The lowest BCUT2D eigenvalue weighted by molar-refractivity contribution is -0.123. The maximum atomic E-state index is 13.5. The molecule has 250 valence electrons. The molecule has 0 aliphatic heterocycles. The fourth-order valence-corrected chi connectivity index (χ4v) is 7.21. The van der Waals surface area contributed by atoms with E-state index in [9.17, 15) is 9.59 Å². The Morgan fingerprint density at radius 1 is 0.740 bits per heavy atom.